The quantitative estimate of drug-likeness (QED) is 0.503. The Labute approximate surface area is 157 Å². The number of phenolic OH excluding ortho intramolecular Hbond substituents is 1. The van der Waals surface area contributed by atoms with Gasteiger partial charge in [-0.2, -0.15) is 4.98 Å². The van der Waals surface area contributed by atoms with Crippen molar-refractivity contribution in [3.63, 3.8) is 0 Å². The highest BCUT2D eigenvalue weighted by molar-refractivity contribution is 7.98. The molecule has 0 aliphatic heterocycles. The first-order chi connectivity index (χ1) is 12.9. The number of aromatic carboxylic acids is 1. The van der Waals surface area contributed by atoms with Crippen LogP contribution in [0.3, 0.4) is 0 Å². The number of aromatic hydroxyl groups is 1. The molecule has 0 amide bonds. The van der Waals surface area contributed by atoms with Crippen LogP contribution in [0.4, 0.5) is 8.78 Å². The standard InChI is InChI=1S/C12H9FN2O3S.C6H5FO/c1-19-12-14-6-9(11(16)17)10(15-12)18-8-4-2-7(13)3-5-8;7-5-1-3-6(8)4-2-5/h2-6H,1H3,(H,16,17);1-4,8H. The Morgan fingerprint density at radius 1 is 1.04 bits per heavy atom. The monoisotopic (exact) mass is 392 g/mol. The van der Waals surface area contributed by atoms with Crippen LogP contribution in [-0.4, -0.2) is 32.4 Å². The molecule has 2 aromatic carbocycles. The fourth-order valence-electron chi connectivity index (χ4n) is 1.73. The van der Waals surface area contributed by atoms with E-state index in [1.165, 1.54) is 66.5 Å². The smallest absolute Gasteiger partial charge is 0.342 e. The first-order valence-electron chi connectivity index (χ1n) is 7.41. The van der Waals surface area contributed by atoms with E-state index in [1.807, 2.05) is 0 Å². The molecule has 3 rings (SSSR count). The Morgan fingerprint density at radius 2 is 1.59 bits per heavy atom. The largest absolute Gasteiger partial charge is 0.508 e. The summed E-state index contributed by atoms with van der Waals surface area (Å²) >= 11 is 1.26. The molecule has 2 N–H and O–H groups in total. The second-order valence-corrected chi connectivity index (χ2v) is 5.69. The molecule has 0 aliphatic rings. The number of hydrogen-bond donors (Lipinski definition) is 2. The van der Waals surface area contributed by atoms with E-state index < -0.39 is 11.8 Å². The highest BCUT2D eigenvalue weighted by Gasteiger charge is 2.15. The second kappa shape index (κ2) is 9.48. The van der Waals surface area contributed by atoms with Gasteiger partial charge in [-0.3, -0.25) is 0 Å². The molecule has 3 aromatic rings. The van der Waals surface area contributed by atoms with Crippen molar-refractivity contribution in [2.24, 2.45) is 0 Å². The van der Waals surface area contributed by atoms with Crippen molar-refractivity contribution in [2.45, 2.75) is 5.16 Å². The Kier molecular flexibility index (Phi) is 7.07. The van der Waals surface area contributed by atoms with E-state index in [-0.39, 0.29) is 23.0 Å². The van der Waals surface area contributed by atoms with Gasteiger partial charge in [-0.25, -0.2) is 18.6 Å². The van der Waals surface area contributed by atoms with Gasteiger partial charge in [0.25, 0.3) is 0 Å². The lowest BCUT2D eigenvalue weighted by Gasteiger charge is -2.08. The van der Waals surface area contributed by atoms with Crippen LogP contribution in [-0.2, 0) is 0 Å². The number of nitrogens with zero attached hydrogens (tertiary/aromatic N) is 2. The molecular formula is C18H14F2N2O4S. The minimum absolute atomic E-state index is 0.0709. The van der Waals surface area contributed by atoms with Gasteiger partial charge < -0.3 is 14.9 Å². The van der Waals surface area contributed by atoms with Crippen LogP contribution >= 0.6 is 11.8 Å². The van der Waals surface area contributed by atoms with Crippen molar-refractivity contribution >= 4 is 17.7 Å². The number of rotatable bonds is 4. The number of thioether (sulfide) groups is 1. The van der Waals surface area contributed by atoms with Crippen molar-refractivity contribution < 1.29 is 28.5 Å². The molecule has 9 heteroatoms. The molecule has 27 heavy (non-hydrogen) atoms. The average Bonchev–Trinajstić information content (AvgIpc) is 2.66. The predicted octanol–water partition coefficient (Wildman–Crippen LogP) is 4.36. The summed E-state index contributed by atoms with van der Waals surface area (Å²) in [6, 6.07) is 10.2. The summed E-state index contributed by atoms with van der Waals surface area (Å²) in [5.41, 5.74) is -0.151. The summed E-state index contributed by atoms with van der Waals surface area (Å²) in [7, 11) is 0. The van der Waals surface area contributed by atoms with Crippen LogP contribution < -0.4 is 4.74 Å². The second-order valence-electron chi connectivity index (χ2n) is 4.91. The Balaban J connectivity index is 0.000000273. The van der Waals surface area contributed by atoms with Gasteiger partial charge in [0, 0.05) is 6.20 Å². The van der Waals surface area contributed by atoms with Gasteiger partial charge >= 0.3 is 5.97 Å². The van der Waals surface area contributed by atoms with Crippen molar-refractivity contribution in [2.75, 3.05) is 6.26 Å². The zero-order valence-electron chi connectivity index (χ0n) is 14.0. The number of benzene rings is 2. The molecule has 6 nitrogen and oxygen atoms in total. The zero-order chi connectivity index (χ0) is 19.8. The third kappa shape index (κ3) is 6.23. The molecule has 0 spiro atoms. The normalized spacial score (nSPS) is 9.89. The summed E-state index contributed by atoms with van der Waals surface area (Å²) in [6.45, 7) is 0. The topological polar surface area (TPSA) is 92.5 Å². The van der Waals surface area contributed by atoms with Gasteiger partial charge in [0.15, 0.2) is 5.16 Å². The number of phenols is 1. The lowest BCUT2D eigenvalue weighted by molar-refractivity contribution is 0.0692. The number of carboxylic acids is 1. The SMILES string of the molecule is CSc1ncc(C(=O)O)c(Oc2ccc(F)cc2)n1.Oc1ccc(F)cc1. The molecule has 0 atom stereocenters. The minimum atomic E-state index is -1.19. The molecule has 0 radical (unpaired) electrons. The third-order valence-corrected chi connectivity index (χ3v) is 3.56. The number of halogens is 2. The maximum absolute atomic E-state index is 12.8. The number of carboxylic acid groups (broad SMARTS) is 1. The van der Waals surface area contributed by atoms with Gasteiger partial charge in [-0.1, -0.05) is 11.8 Å². The number of aromatic nitrogens is 2. The van der Waals surface area contributed by atoms with E-state index in [1.54, 1.807) is 6.26 Å². The highest BCUT2D eigenvalue weighted by atomic mass is 32.2. The first-order valence-corrected chi connectivity index (χ1v) is 8.64. The molecular weight excluding hydrogens is 378 g/mol. The summed E-state index contributed by atoms with van der Waals surface area (Å²) in [6.07, 6.45) is 2.94. The Hall–Kier alpha value is -3.20. The lowest BCUT2D eigenvalue weighted by Crippen LogP contribution is -2.04. The molecule has 0 unspecified atom stereocenters. The summed E-state index contributed by atoms with van der Waals surface area (Å²) in [5.74, 6) is -1.61. The van der Waals surface area contributed by atoms with E-state index in [0.717, 1.165) is 0 Å². The van der Waals surface area contributed by atoms with Crippen LogP contribution in [0.2, 0.25) is 0 Å². The molecule has 0 bridgehead atoms. The average molecular weight is 392 g/mol. The maximum atomic E-state index is 12.8. The molecule has 1 aromatic heterocycles. The van der Waals surface area contributed by atoms with Gasteiger partial charge in [-0.15, -0.1) is 0 Å². The molecule has 0 saturated carbocycles. The van der Waals surface area contributed by atoms with Gasteiger partial charge in [0.05, 0.1) is 0 Å². The first kappa shape index (κ1) is 20.1. The van der Waals surface area contributed by atoms with E-state index >= 15 is 0 Å². The van der Waals surface area contributed by atoms with Crippen LogP contribution in [0.5, 0.6) is 17.4 Å². The van der Waals surface area contributed by atoms with Crippen molar-refractivity contribution in [3.05, 3.63) is 71.9 Å². The maximum Gasteiger partial charge on any atom is 0.342 e. The van der Waals surface area contributed by atoms with E-state index in [2.05, 4.69) is 9.97 Å². The summed E-state index contributed by atoms with van der Waals surface area (Å²) in [5, 5.41) is 18.0. The summed E-state index contributed by atoms with van der Waals surface area (Å²) in [4.78, 5) is 18.9. The molecule has 1 heterocycles. The number of carbonyl (C=O) groups is 1. The minimum Gasteiger partial charge on any atom is -0.508 e. The van der Waals surface area contributed by atoms with Crippen LogP contribution in [0.1, 0.15) is 10.4 Å². The van der Waals surface area contributed by atoms with Crippen molar-refractivity contribution in [1.82, 2.24) is 9.97 Å². The Morgan fingerprint density at radius 3 is 2.07 bits per heavy atom. The third-order valence-electron chi connectivity index (χ3n) is 3.00. The van der Waals surface area contributed by atoms with Crippen LogP contribution in [0.25, 0.3) is 0 Å². The molecule has 0 fully saturated rings. The van der Waals surface area contributed by atoms with Crippen LogP contribution in [0, 0.1) is 11.6 Å². The van der Waals surface area contributed by atoms with E-state index in [9.17, 15) is 13.6 Å². The number of hydrogen-bond acceptors (Lipinski definition) is 6. The summed E-state index contributed by atoms with van der Waals surface area (Å²) < 4.78 is 30.1. The zero-order valence-corrected chi connectivity index (χ0v) is 14.8. The van der Waals surface area contributed by atoms with Crippen molar-refractivity contribution in [1.29, 1.82) is 0 Å². The van der Waals surface area contributed by atoms with Crippen LogP contribution in [0.15, 0.2) is 59.9 Å². The fraction of sp³-hybridized carbons (Fsp3) is 0.0556. The molecule has 140 valence electrons. The van der Waals surface area contributed by atoms with Gasteiger partial charge in [0.2, 0.25) is 5.88 Å². The lowest BCUT2D eigenvalue weighted by atomic mass is 10.3. The molecule has 0 aliphatic carbocycles. The predicted molar refractivity (Wildman–Crippen MR) is 95.3 cm³/mol. The Bertz CT molecular complexity index is 885. The number of ether oxygens (including phenoxy) is 1. The van der Waals surface area contributed by atoms with E-state index in [4.69, 9.17) is 14.9 Å². The van der Waals surface area contributed by atoms with Gasteiger partial charge in [0.1, 0.15) is 28.7 Å². The van der Waals surface area contributed by atoms with E-state index in [0.29, 0.717) is 10.9 Å². The molecule has 0 saturated heterocycles. The van der Waals surface area contributed by atoms with Crippen molar-refractivity contribution in [3.8, 4) is 17.4 Å². The fourth-order valence-corrected chi connectivity index (χ4v) is 2.06. The van der Waals surface area contributed by atoms with Gasteiger partial charge in [-0.05, 0) is 54.8 Å². The highest BCUT2D eigenvalue weighted by Crippen LogP contribution is 2.25.